The van der Waals surface area contributed by atoms with Gasteiger partial charge in [-0.05, 0) is 72.7 Å². The number of ether oxygens (including phenoxy) is 1. The lowest BCUT2D eigenvalue weighted by molar-refractivity contribution is 0.0513. The van der Waals surface area contributed by atoms with Gasteiger partial charge in [-0.15, -0.1) is 0 Å². The number of benzene rings is 3. The lowest BCUT2D eigenvalue weighted by atomic mass is 9.87. The van der Waals surface area contributed by atoms with Crippen molar-refractivity contribution in [2.45, 2.75) is 58.5 Å². The summed E-state index contributed by atoms with van der Waals surface area (Å²) in [5.41, 5.74) is 5.02. The van der Waals surface area contributed by atoms with Crippen LogP contribution in [0.1, 0.15) is 54.2 Å². The molecule has 0 spiro atoms. The highest BCUT2D eigenvalue weighted by atomic mass is 32.2. The Morgan fingerprint density at radius 3 is 2.40 bits per heavy atom. The second-order valence-corrected chi connectivity index (χ2v) is 14.9. The number of hydrogen-bond donors (Lipinski definition) is 1. The van der Waals surface area contributed by atoms with E-state index in [-0.39, 0.29) is 46.8 Å². The molecule has 0 fully saturated rings. The highest BCUT2D eigenvalue weighted by Crippen LogP contribution is 2.32. The third-order valence-electron chi connectivity index (χ3n) is 8.24. The number of rotatable bonds is 4. The van der Waals surface area contributed by atoms with Gasteiger partial charge in [0.15, 0.2) is 5.58 Å². The summed E-state index contributed by atoms with van der Waals surface area (Å²) in [5.74, 6) is -0.827. The van der Waals surface area contributed by atoms with Crippen molar-refractivity contribution in [1.82, 2.24) is 19.4 Å². The van der Waals surface area contributed by atoms with Gasteiger partial charge < -0.3 is 14.1 Å². The van der Waals surface area contributed by atoms with Crippen LogP contribution in [0.5, 0.6) is 5.88 Å². The number of nitrogens with zero attached hydrogens (tertiary/aromatic N) is 4. The lowest BCUT2D eigenvalue weighted by Gasteiger charge is -2.36. The average molecular weight is 656 g/mol. The molecule has 244 valence electrons. The van der Waals surface area contributed by atoms with Crippen LogP contribution in [0.15, 0.2) is 80.8 Å². The van der Waals surface area contributed by atoms with E-state index in [1.165, 1.54) is 16.7 Å². The maximum Gasteiger partial charge on any atom is 0.419 e. The van der Waals surface area contributed by atoms with Crippen molar-refractivity contribution in [3.05, 3.63) is 99.5 Å². The number of aromatic nitrogens is 3. The average Bonchev–Trinajstić information content (AvgIpc) is 3.28. The number of fused-ring (bicyclic) bond motifs is 5. The second kappa shape index (κ2) is 12.0. The molecule has 1 atom stereocenters. The van der Waals surface area contributed by atoms with E-state index >= 15 is 0 Å². The second-order valence-electron chi connectivity index (χ2n) is 13.2. The Morgan fingerprint density at radius 1 is 0.957 bits per heavy atom. The zero-order chi connectivity index (χ0) is 33.7. The predicted molar refractivity (Wildman–Crippen MR) is 179 cm³/mol. The summed E-state index contributed by atoms with van der Waals surface area (Å²) >= 11 is 0. The number of carbonyl (C=O) groups excluding carboxylic acids is 1. The van der Waals surface area contributed by atoms with Crippen LogP contribution in [-0.4, -0.2) is 46.4 Å². The van der Waals surface area contributed by atoms with Crippen LogP contribution in [0.25, 0.3) is 22.4 Å². The number of oxazole rings is 1. The minimum Gasteiger partial charge on any atom is -0.475 e. The molecule has 1 N–H and O–H groups in total. The molecule has 1 aliphatic rings. The number of aryl methyl sites for hydroxylation is 3. The largest absolute Gasteiger partial charge is 0.475 e. The van der Waals surface area contributed by atoms with Crippen LogP contribution in [-0.2, 0) is 23.6 Å². The van der Waals surface area contributed by atoms with Crippen LogP contribution in [0.4, 0.5) is 5.95 Å². The van der Waals surface area contributed by atoms with E-state index in [0.717, 1.165) is 22.3 Å². The van der Waals surface area contributed by atoms with Crippen LogP contribution in [0.3, 0.4) is 0 Å². The molecule has 12 heteroatoms. The molecular weight excluding hydrogens is 618 g/mol. The van der Waals surface area contributed by atoms with Gasteiger partial charge >= 0.3 is 5.76 Å². The molecule has 5 aromatic rings. The summed E-state index contributed by atoms with van der Waals surface area (Å²) in [4.78, 5) is 37.2. The first-order valence-electron chi connectivity index (χ1n) is 15.3. The maximum absolute atomic E-state index is 14.4. The summed E-state index contributed by atoms with van der Waals surface area (Å²) in [6.07, 6.45) is 0.555. The van der Waals surface area contributed by atoms with Crippen LogP contribution in [0.2, 0.25) is 0 Å². The van der Waals surface area contributed by atoms with E-state index in [0.29, 0.717) is 23.2 Å². The Hall–Kier alpha value is -4.97. The Kier molecular flexibility index (Phi) is 8.17. The van der Waals surface area contributed by atoms with Crippen molar-refractivity contribution in [2.75, 3.05) is 11.3 Å². The van der Waals surface area contributed by atoms with E-state index in [2.05, 4.69) is 35.5 Å². The molecule has 4 bridgehead atoms. The summed E-state index contributed by atoms with van der Waals surface area (Å²) in [7, 11) is -2.56. The topological polar surface area (TPSA) is 137 Å². The van der Waals surface area contributed by atoms with Crippen molar-refractivity contribution in [2.24, 2.45) is 12.5 Å². The van der Waals surface area contributed by atoms with E-state index in [1.807, 2.05) is 38.1 Å². The van der Waals surface area contributed by atoms with Crippen molar-refractivity contribution >= 4 is 33.0 Å². The highest BCUT2D eigenvalue weighted by Gasteiger charge is 2.31. The Morgan fingerprint density at radius 2 is 1.68 bits per heavy atom. The van der Waals surface area contributed by atoms with E-state index < -0.39 is 21.8 Å². The first-order chi connectivity index (χ1) is 22.2. The molecule has 0 radical (unpaired) electrons. The smallest absolute Gasteiger partial charge is 0.419 e. The van der Waals surface area contributed by atoms with E-state index in [1.54, 1.807) is 42.3 Å². The normalized spacial score (nSPS) is 16.5. The third-order valence-corrected chi connectivity index (χ3v) is 9.57. The zero-order valence-corrected chi connectivity index (χ0v) is 28.0. The van der Waals surface area contributed by atoms with Gasteiger partial charge in [-0.1, -0.05) is 51.1 Å². The van der Waals surface area contributed by atoms with Gasteiger partial charge in [-0.3, -0.25) is 9.36 Å². The van der Waals surface area contributed by atoms with Gasteiger partial charge in [0.05, 0.1) is 22.1 Å². The zero-order valence-electron chi connectivity index (χ0n) is 27.2. The molecule has 0 saturated carbocycles. The number of nitrogens with one attached hydrogen (secondary N) is 1. The minimum atomic E-state index is -4.19. The Labute approximate surface area is 273 Å². The summed E-state index contributed by atoms with van der Waals surface area (Å²) in [6, 6.07) is 18.4. The highest BCUT2D eigenvalue weighted by molar-refractivity contribution is 7.92. The molecule has 1 aliphatic heterocycles. The fraction of sp³-hybridized carbons (Fsp3) is 0.314. The number of hydrogen-bond acceptors (Lipinski definition) is 8. The lowest BCUT2D eigenvalue weighted by Crippen LogP contribution is -2.45. The monoisotopic (exact) mass is 655 g/mol. The summed E-state index contributed by atoms with van der Waals surface area (Å²) in [6.45, 7) is 10.4. The Balaban J connectivity index is 1.50. The van der Waals surface area contributed by atoms with Crippen LogP contribution >= 0.6 is 0 Å². The molecule has 3 heterocycles. The maximum atomic E-state index is 14.4. The van der Waals surface area contributed by atoms with Gasteiger partial charge in [0.2, 0.25) is 11.8 Å². The first kappa shape index (κ1) is 32.0. The van der Waals surface area contributed by atoms with E-state index in [4.69, 9.17) is 9.15 Å². The molecule has 2 aromatic heterocycles. The molecule has 0 saturated heterocycles. The number of amides is 1. The summed E-state index contributed by atoms with van der Waals surface area (Å²) in [5, 5.41) is 0. The minimum absolute atomic E-state index is 0.0702. The molecule has 1 amide bonds. The van der Waals surface area contributed by atoms with Crippen molar-refractivity contribution < 1.29 is 22.4 Å². The quantitative estimate of drug-likeness (QED) is 0.255. The predicted octanol–water partition coefficient (Wildman–Crippen LogP) is 5.85. The van der Waals surface area contributed by atoms with Crippen LogP contribution in [0, 0.1) is 19.3 Å². The van der Waals surface area contributed by atoms with Crippen molar-refractivity contribution in [3.63, 3.8) is 0 Å². The van der Waals surface area contributed by atoms with Gasteiger partial charge in [-0.25, -0.2) is 22.9 Å². The van der Waals surface area contributed by atoms with Crippen molar-refractivity contribution in [3.8, 4) is 17.1 Å². The summed E-state index contributed by atoms with van der Waals surface area (Å²) < 4.78 is 43.0. The van der Waals surface area contributed by atoms with Gasteiger partial charge in [0.25, 0.3) is 15.9 Å². The first-order valence-corrected chi connectivity index (χ1v) is 16.8. The molecule has 47 heavy (non-hydrogen) atoms. The standard InChI is InChI=1S/C35H37N5O6S/c1-21-9-7-10-22(2)31(21)27-17-30-37-33(36-27)38-47(43,44)26-12-8-11-24(16-26)32(41)40(25(20-45-30)18-35(3,4)5)19-23-13-14-28-29(15-23)46-34(42)39(28)6/h7-17,25H,18-20H2,1-6H3,(H,36,37,38)/t25-/m1/s1. The number of anilines is 1. The SMILES string of the molecule is Cc1cccc(C)c1-c1cc2nc(n1)NS(=O)(=O)c1cccc(c1)C(=O)N(Cc1ccc3c(c1)oc(=O)n3C)[C@H](CC(C)(C)C)CO2. The van der Waals surface area contributed by atoms with E-state index in [9.17, 15) is 18.0 Å². The number of carbonyl (C=O) groups is 1. The molecule has 6 rings (SSSR count). The van der Waals surface area contributed by atoms with Gasteiger partial charge in [0.1, 0.15) is 6.61 Å². The van der Waals surface area contributed by atoms with Gasteiger partial charge in [-0.2, -0.15) is 4.98 Å². The molecule has 0 aliphatic carbocycles. The number of sulfonamides is 1. The van der Waals surface area contributed by atoms with Gasteiger partial charge in [0, 0.05) is 30.8 Å². The Bertz CT molecular complexity index is 2160. The van der Waals surface area contributed by atoms with Crippen molar-refractivity contribution in [1.29, 1.82) is 0 Å². The molecule has 0 unspecified atom stereocenters. The third kappa shape index (κ3) is 6.64. The molecule has 3 aromatic carbocycles. The molecule has 11 nitrogen and oxygen atoms in total. The fourth-order valence-corrected chi connectivity index (χ4v) is 7.01. The molecular formula is C35H37N5O6S. The fourth-order valence-electron chi connectivity index (χ4n) is 6.02. The van der Waals surface area contributed by atoms with Crippen LogP contribution < -0.4 is 15.2 Å².